The minimum Gasteiger partial charge on any atom is -0.371 e. The maximum absolute atomic E-state index is 10.8. The molecule has 19 heavy (non-hydrogen) atoms. The molecule has 112 valence electrons. The Bertz CT molecular complexity index is 368. The molecule has 0 atom stereocenters. The second kappa shape index (κ2) is 7.74. The molecule has 0 saturated carbocycles. The maximum atomic E-state index is 10.8. The van der Waals surface area contributed by atoms with Crippen molar-refractivity contribution in [1.29, 1.82) is 0 Å². The average Bonchev–Trinajstić information content (AvgIpc) is 2.10. The Morgan fingerprint density at radius 2 is 1.05 bits per heavy atom. The number of unbranched alkanes of at least 4 members (excludes halogenated alkanes) is 2. The summed E-state index contributed by atoms with van der Waals surface area (Å²) in [6.07, 6.45) is 0.272. The van der Waals surface area contributed by atoms with Crippen LogP contribution in [0.15, 0.2) is 0 Å². The predicted molar refractivity (Wildman–Crippen MR) is 59.4 cm³/mol. The molecule has 0 saturated heterocycles. The van der Waals surface area contributed by atoms with Crippen LogP contribution >= 0.6 is 15.6 Å². The van der Waals surface area contributed by atoms with Crippen molar-refractivity contribution in [1.82, 2.24) is 0 Å². The Labute approximate surface area is 108 Å². The molecule has 10 nitrogen and oxygen atoms in total. The van der Waals surface area contributed by atoms with E-state index in [9.17, 15) is 18.7 Å². The van der Waals surface area contributed by atoms with Crippen molar-refractivity contribution in [2.24, 2.45) is 0 Å². The van der Waals surface area contributed by atoms with Crippen molar-refractivity contribution in [2.45, 2.75) is 32.1 Å². The van der Waals surface area contributed by atoms with Gasteiger partial charge in [0.05, 0.1) is 0 Å². The minimum atomic E-state index is -4.83. The molecule has 0 aliphatic carbocycles. The van der Waals surface area contributed by atoms with Crippen LogP contribution in [-0.4, -0.2) is 31.5 Å². The van der Waals surface area contributed by atoms with Crippen LogP contribution in [0.1, 0.15) is 32.1 Å². The molecule has 0 rings (SSSR count). The van der Waals surface area contributed by atoms with Gasteiger partial charge < -0.3 is 9.05 Å². The average molecular weight is 320 g/mol. The zero-order valence-corrected chi connectivity index (χ0v) is 11.5. The Kier molecular flexibility index (Phi) is 7.43. The van der Waals surface area contributed by atoms with E-state index in [4.69, 9.17) is 19.6 Å². The summed E-state index contributed by atoms with van der Waals surface area (Å²) in [5, 5.41) is 0. The molecule has 0 amide bonds. The lowest BCUT2D eigenvalue weighted by molar-refractivity contribution is -0.136. The SMILES string of the molecule is O=C(CCCCCC(=O)OP(=O)(O)O)OP(=O)(O)O. The summed E-state index contributed by atoms with van der Waals surface area (Å²) < 4.78 is 28.1. The normalized spacial score (nSPS) is 12.0. The molecular weight excluding hydrogens is 306 g/mol. The largest absolute Gasteiger partial charge is 0.526 e. The van der Waals surface area contributed by atoms with Gasteiger partial charge in [-0.1, -0.05) is 6.42 Å². The fraction of sp³-hybridized carbons (Fsp3) is 0.714. The Hall–Kier alpha value is -0.760. The van der Waals surface area contributed by atoms with Gasteiger partial charge in [0.15, 0.2) is 0 Å². The van der Waals surface area contributed by atoms with Gasteiger partial charge >= 0.3 is 27.6 Å². The molecule has 0 spiro atoms. The number of carbonyl (C=O) groups is 2. The molecule has 0 aromatic heterocycles. The van der Waals surface area contributed by atoms with Gasteiger partial charge in [0, 0.05) is 12.8 Å². The fourth-order valence-electron chi connectivity index (χ4n) is 1.07. The highest BCUT2D eigenvalue weighted by molar-refractivity contribution is 7.47. The van der Waals surface area contributed by atoms with Crippen molar-refractivity contribution in [3.05, 3.63) is 0 Å². The highest BCUT2D eigenvalue weighted by atomic mass is 31.2. The third kappa shape index (κ3) is 13.5. The van der Waals surface area contributed by atoms with E-state index in [1.54, 1.807) is 0 Å². The van der Waals surface area contributed by atoms with Crippen molar-refractivity contribution in [2.75, 3.05) is 0 Å². The predicted octanol–water partition coefficient (Wildman–Crippen LogP) is 0.209. The molecule has 0 heterocycles. The highest BCUT2D eigenvalue weighted by Gasteiger charge is 2.21. The van der Waals surface area contributed by atoms with Crippen molar-refractivity contribution >= 4 is 27.6 Å². The Morgan fingerprint density at radius 1 is 0.737 bits per heavy atom. The molecule has 0 aliphatic rings. The number of rotatable bonds is 8. The lowest BCUT2D eigenvalue weighted by Crippen LogP contribution is -2.03. The van der Waals surface area contributed by atoms with E-state index in [-0.39, 0.29) is 25.7 Å². The quantitative estimate of drug-likeness (QED) is 0.358. The van der Waals surface area contributed by atoms with Crippen LogP contribution in [0, 0.1) is 0 Å². The Morgan fingerprint density at radius 3 is 1.32 bits per heavy atom. The first kappa shape index (κ1) is 18.2. The molecule has 0 fully saturated rings. The molecular formula is C7H14O10P2. The monoisotopic (exact) mass is 320 g/mol. The molecule has 0 unspecified atom stereocenters. The standard InChI is InChI=1S/C7H14O10P2/c8-6(16-18(10,11)12)4-2-1-3-5-7(9)17-19(13,14)15/h1-5H2,(H2,10,11,12)(H2,13,14,15). The first-order valence-electron chi connectivity index (χ1n) is 5.05. The van der Waals surface area contributed by atoms with Crippen LogP contribution in [0.5, 0.6) is 0 Å². The van der Waals surface area contributed by atoms with E-state index >= 15 is 0 Å². The van der Waals surface area contributed by atoms with Gasteiger partial charge in [-0.2, -0.15) is 0 Å². The lowest BCUT2D eigenvalue weighted by atomic mass is 10.1. The van der Waals surface area contributed by atoms with Gasteiger partial charge in [-0.15, -0.1) is 0 Å². The van der Waals surface area contributed by atoms with Gasteiger partial charge in [-0.25, -0.2) is 9.13 Å². The van der Waals surface area contributed by atoms with E-state index in [1.165, 1.54) is 0 Å². The second-order valence-corrected chi connectivity index (χ2v) is 5.80. The van der Waals surface area contributed by atoms with Crippen LogP contribution < -0.4 is 0 Å². The van der Waals surface area contributed by atoms with Crippen molar-refractivity contribution in [3.63, 3.8) is 0 Å². The van der Waals surface area contributed by atoms with E-state index in [1.807, 2.05) is 0 Å². The Balaban J connectivity index is 3.66. The van der Waals surface area contributed by atoms with Gasteiger partial charge in [-0.3, -0.25) is 29.2 Å². The van der Waals surface area contributed by atoms with E-state index in [0.717, 1.165) is 0 Å². The summed E-state index contributed by atoms with van der Waals surface area (Å²) in [7, 11) is -9.65. The smallest absolute Gasteiger partial charge is 0.371 e. The molecule has 0 radical (unpaired) electrons. The lowest BCUT2D eigenvalue weighted by Gasteiger charge is -2.05. The minimum absolute atomic E-state index is 0.210. The molecule has 12 heteroatoms. The van der Waals surface area contributed by atoms with Crippen LogP contribution in [0.4, 0.5) is 0 Å². The van der Waals surface area contributed by atoms with Crippen LogP contribution in [0.2, 0.25) is 0 Å². The summed E-state index contributed by atoms with van der Waals surface area (Å²) in [6, 6.07) is 0. The van der Waals surface area contributed by atoms with Gasteiger partial charge in [-0.05, 0) is 12.8 Å². The summed E-state index contributed by atoms with van der Waals surface area (Å²) in [6.45, 7) is 0. The number of carbonyl (C=O) groups excluding carboxylic acids is 2. The van der Waals surface area contributed by atoms with E-state index < -0.39 is 27.6 Å². The van der Waals surface area contributed by atoms with Gasteiger partial charge in [0.25, 0.3) is 0 Å². The maximum Gasteiger partial charge on any atom is 0.526 e. The van der Waals surface area contributed by atoms with Crippen molar-refractivity contribution in [3.8, 4) is 0 Å². The molecule has 0 aliphatic heterocycles. The van der Waals surface area contributed by atoms with Crippen LogP contribution in [0.3, 0.4) is 0 Å². The van der Waals surface area contributed by atoms with E-state index in [2.05, 4.69) is 9.05 Å². The number of hydrogen-bond acceptors (Lipinski definition) is 6. The number of phosphoric acid groups is 2. The zero-order valence-electron chi connectivity index (χ0n) is 9.67. The van der Waals surface area contributed by atoms with Gasteiger partial charge in [0.2, 0.25) is 0 Å². The van der Waals surface area contributed by atoms with E-state index in [0.29, 0.717) is 6.42 Å². The number of phosphoric ester groups is 2. The van der Waals surface area contributed by atoms with Crippen molar-refractivity contribution < 1.29 is 47.3 Å². The first-order chi connectivity index (χ1) is 8.49. The number of hydrogen-bond donors (Lipinski definition) is 4. The summed E-state index contributed by atoms with van der Waals surface area (Å²) in [5.74, 6) is -2.13. The third-order valence-electron chi connectivity index (χ3n) is 1.70. The second-order valence-electron chi connectivity index (χ2n) is 3.47. The molecule has 0 bridgehead atoms. The highest BCUT2D eigenvalue weighted by Crippen LogP contribution is 2.37. The third-order valence-corrected chi connectivity index (χ3v) is 2.59. The molecule has 0 aromatic rings. The summed E-state index contributed by atoms with van der Waals surface area (Å²) in [5.41, 5.74) is 0. The first-order valence-corrected chi connectivity index (χ1v) is 8.11. The summed E-state index contributed by atoms with van der Waals surface area (Å²) >= 11 is 0. The van der Waals surface area contributed by atoms with Crippen LogP contribution in [0.25, 0.3) is 0 Å². The summed E-state index contributed by atoms with van der Waals surface area (Å²) in [4.78, 5) is 54.9. The fourth-order valence-corrected chi connectivity index (χ4v) is 1.79. The van der Waals surface area contributed by atoms with Crippen LogP contribution in [-0.2, 0) is 27.8 Å². The van der Waals surface area contributed by atoms with Gasteiger partial charge in [0.1, 0.15) is 0 Å². The molecule has 4 N–H and O–H groups in total. The zero-order chi connectivity index (χ0) is 15.1. The molecule has 0 aromatic carbocycles. The topological polar surface area (TPSA) is 168 Å².